The molecule has 0 bridgehead atoms. The second-order valence-electron chi connectivity index (χ2n) is 4.89. The Labute approximate surface area is 109 Å². The maximum atomic E-state index is 12.2. The van der Waals surface area contributed by atoms with Crippen molar-refractivity contribution in [3.05, 3.63) is 12.4 Å². The number of nitrogen functional groups attached to an aromatic ring is 1. The van der Waals surface area contributed by atoms with E-state index >= 15 is 0 Å². The van der Waals surface area contributed by atoms with Crippen molar-refractivity contribution in [2.75, 3.05) is 12.3 Å². The van der Waals surface area contributed by atoms with Gasteiger partial charge in [0.05, 0.1) is 11.9 Å². The van der Waals surface area contributed by atoms with Crippen molar-refractivity contribution in [1.82, 2.24) is 20.0 Å². The van der Waals surface area contributed by atoms with Gasteiger partial charge in [-0.3, -0.25) is 24.4 Å². The number of nitrogens with zero attached hydrogens (tertiary/aromatic N) is 3. The van der Waals surface area contributed by atoms with Crippen molar-refractivity contribution in [3.63, 3.8) is 0 Å². The predicted octanol–water partition coefficient (Wildman–Crippen LogP) is -1.27. The second-order valence-corrected chi connectivity index (χ2v) is 4.89. The predicted molar refractivity (Wildman–Crippen MR) is 65.6 cm³/mol. The van der Waals surface area contributed by atoms with Gasteiger partial charge in [0.2, 0.25) is 11.8 Å². The zero-order chi connectivity index (χ0) is 14.2. The molecule has 0 unspecified atom stereocenters. The van der Waals surface area contributed by atoms with Gasteiger partial charge in [0, 0.05) is 6.20 Å². The molecule has 8 heteroatoms. The quantitative estimate of drug-likeness (QED) is 0.648. The van der Waals surface area contributed by atoms with E-state index in [-0.39, 0.29) is 19.0 Å². The summed E-state index contributed by atoms with van der Waals surface area (Å²) in [5, 5.41) is 6.10. The lowest BCUT2D eigenvalue weighted by Gasteiger charge is -2.40. The summed E-state index contributed by atoms with van der Waals surface area (Å²) in [5.41, 5.74) is 4.88. The van der Waals surface area contributed by atoms with Gasteiger partial charge in [-0.2, -0.15) is 5.10 Å². The molecule has 102 valence electrons. The van der Waals surface area contributed by atoms with E-state index in [9.17, 15) is 14.4 Å². The molecule has 19 heavy (non-hydrogen) atoms. The van der Waals surface area contributed by atoms with Crippen molar-refractivity contribution in [2.24, 2.45) is 0 Å². The standard InChI is InChI=1S/C11H15N5O3/c1-11(2)10(19)14-8(17)5-16(11)9(18)6-15-4-7(12)3-13-15/h3-4H,5-6,12H2,1-2H3,(H,14,17,19). The number of anilines is 1. The van der Waals surface area contributed by atoms with E-state index < -0.39 is 17.4 Å². The van der Waals surface area contributed by atoms with Crippen LogP contribution < -0.4 is 11.1 Å². The number of amides is 3. The van der Waals surface area contributed by atoms with Crippen LogP contribution in [0.4, 0.5) is 5.69 Å². The van der Waals surface area contributed by atoms with Crippen LogP contribution in [0.5, 0.6) is 0 Å². The van der Waals surface area contributed by atoms with Gasteiger partial charge in [0.25, 0.3) is 5.91 Å². The molecule has 0 spiro atoms. The van der Waals surface area contributed by atoms with Gasteiger partial charge < -0.3 is 10.6 Å². The minimum absolute atomic E-state index is 0.0683. The van der Waals surface area contributed by atoms with Crippen LogP contribution in [0, 0.1) is 0 Å². The van der Waals surface area contributed by atoms with Crippen molar-refractivity contribution in [2.45, 2.75) is 25.9 Å². The lowest BCUT2D eigenvalue weighted by Crippen LogP contribution is -2.65. The molecule has 0 aliphatic carbocycles. The van der Waals surface area contributed by atoms with Gasteiger partial charge >= 0.3 is 0 Å². The van der Waals surface area contributed by atoms with Crippen LogP contribution in [-0.4, -0.2) is 44.5 Å². The molecule has 0 radical (unpaired) electrons. The number of imide groups is 1. The van der Waals surface area contributed by atoms with Gasteiger partial charge in [-0.1, -0.05) is 0 Å². The highest BCUT2D eigenvalue weighted by atomic mass is 16.2. The number of hydrogen-bond donors (Lipinski definition) is 2. The third-order valence-corrected chi connectivity index (χ3v) is 3.04. The minimum atomic E-state index is -1.07. The molecular weight excluding hydrogens is 250 g/mol. The van der Waals surface area contributed by atoms with Crippen molar-refractivity contribution >= 4 is 23.4 Å². The van der Waals surface area contributed by atoms with Crippen molar-refractivity contribution < 1.29 is 14.4 Å². The summed E-state index contributed by atoms with van der Waals surface area (Å²) in [6, 6.07) is 0. The van der Waals surface area contributed by atoms with E-state index in [1.165, 1.54) is 22.0 Å². The van der Waals surface area contributed by atoms with E-state index in [1.807, 2.05) is 0 Å². The average molecular weight is 265 g/mol. The first-order valence-electron chi connectivity index (χ1n) is 5.73. The number of hydrogen-bond acceptors (Lipinski definition) is 5. The van der Waals surface area contributed by atoms with Gasteiger partial charge in [-0.25, -0.2) is 0 Å². The Balaban J connectivity index is 2.17. The Morgan fingerprint density at radius 2 is 2.21 bits per heavy atom. The molecule has 3 amide bonds. The third-order valence-electron chi connectivity index (χ3n) is 3.04. The first-order valence-corrected chi connectivity index (χ1v) is 5.73. The summed E-state index contributed by atoms with van der Waals surface area (Å²) in [5.74, 6) is -1.34. The van der Waals surface area contributed by atoms with Crippen molar-refractivity contribution in [1.29, 1.82) is 0 Å². The van der Waals surface area contributed by atoms with Gasteiger partial charge in [-0.15, -0.1) is 0 Å². The molecule has 0 atom stereocenters. The zero-order valence-electron chi connectivity index (χ0n) is 10.7. The topological polar surface area (TPSA) is 110 Å². The fourth-order valence-corrected chi connectivity index (χ4v) is 1.87. The molecular formula is C11H15N5O3. The van der Waals surface area contributed by atoms with Crippen LogP contribution in [0.1, 0.15) is 13.8 Å². The number of nitrogens with two attached hydrogens (primary N) is 1. The molecule has 8 nitrogen and oxygen atoms in total. The second kappa shape index (κ2) is 4.38. The number of piperazine rings is 1. The summed E-state index contributed by atoms with van der Waals surface area (Å²) in [4.78, 5) is 36.5. The van der Waals surface area contributed by atoms with E-state index in [4.69, 9.17) is 5.73 Å². The van der Waals surface area contributed by atoms with E-state index in [2.05, 4.69) is 10.4 Å². The van der Waals surface area contributed by atoms with Gasteiger partial charge in [0.15, 0.2) is 0 Å². The largest absolute Gasteiger partial charge is 0.396 e. The Bertz CT molecular complexity index is 548. The number of nitrogens with one attached hydrogen (secondary N) is 1. The SMILES string of the molecule is CC1(C)C(=O)NC(=O)CN1C(=O)Cn1cc(N)cn1. The molecule has 1 aliphatic heterocycles. The Morgan fingerprint density at radius 3 is 2.79 bits per heavy atom. The fourth-order valence-electron chi connectivity index (χ4n) is 1.87. The summed E-state index contributed by atoms with van der Waals surface area (Å²) in [6.07, 6.45) is 2.93. The smallest absolute Gasteiger partial charge is 0.252 e. The first-order chi connectivity index (χ1) is 8.80. The molecule has 3 N–H and O–H groups in total. The average Bonchev–Trinajstić information content (AvgIpc) is 2.69. The maximum Gasteiger partial charge on any atom is 0.252 e. The van der Waals surface area contributed by atoms with Crippen LogP contribution in [0.3, 0.4) is 0 Å². The monoisotopic (exact) mass is 265 g/mol. The lowest BCUT2D eigenvalue weighted by molar-refractivity contribution is -0.156. The third kappa shape index (κ3) is 2.42. The molecule has 0 saturated carbocycles. The molecule has 1 saturated heterocycles. The Hall–Kier alpha value is -2.38. The number of carbonyl (C=O) groups excluding carboxylic acids is 3. The highest BCUT2D eigenvalue weighted by Gasteiger charge is 2.43. The van der Waals surface area contributed by atoms with E-state index in [0.717, 1.165) is 0 Å². The highest BCUT2D eigenvalue weighted by Crippen LogP contribution is 2.18. The molecule has 1 aromatic heterocycles. The number of rotatable bonds is 2. The maximum absolute atomic E-state index is 12.2. The summed E-state index contributed by atoms with van der Waals surface area (Å²) < 4.78 is 1.37. The van der Waals surface area contributed by atoms with Crippen LogP contribution >= 0.6 is 0 Å². The molecule has 1 aromatic rings. The zero-order valence-corrected chi connectivity index (χ0v) is 10.7. The number of carbonyl (C=O) groups is 3. The molecule has 0 aromatic carbocycles. The molecule has 2 rings (SSSR count). The highest BCUT2D eigenvalue weighted by molar-refractivity contribution is 6.06. The fraction of sp³-hybridized carbons (Fsp3) is 0.455. The van der Waals surface area contributed by atoms with Crippen LogP contribution in [0.15, 0.2) is 12.4 Å². The van der Waals surface area contributed by atoms with E-state index in [0.29, 0.717) is 5.69 Å². The van der Waals surface area contributed by atoms with Crippen molar-refractivity contribution in [3.8, 4) is 0 Å². The first kappa shape index (κ1) is 13.1. The van der Waals surface area contributed by atoms with Crippen LogP contribution in [0.2, 0.25) is 0 Å². The Morgan fingerprint density at radius 1 is 1.53 bits per heavy atom. The summed E-state index contributed by atoms with van der Waals surface area (Å²) >= 11 is 0. The number of aromatic nitrogens is 2. The lowest BCUT2D eigenvalue weighted by atomic mass is 9.98. The van der Waals surface area contributed by atoms with Gasteiger partial charge in [-0.05, 0) is 13.8 Å². The molecule has 1 aliphatic rings. The van der Waals surface area contributed by atoms with Crippen LogP contribution in [0.25, 0.3) is 0 Å². The normalized spacial score (nSPS) is 18.3. The minimum Gasteiger partial charge on any atom is -0.396 e. The molecule has 1 fully saturated rings. The molecule has 2 heterocycles. The van der Waals surface area contributed by atoms with Crippen LogP contribution in [-0.2, 0) is 20.9 Å². The van der Waals surface area contributed by atoms with E-state index in [1.54, 1.807) is 13.8 Å². The van der Waals surface area contributed by atoms with Gasteiger partial charge in [0.1, 0.15) is 18.6 Å². The Kier molecular flexibility index (Phi) is 3.01. The summed E-state index contributed by atoms with van der Waals surface area (Å²) in [6.45, 7) is 2.96. The summed E-state index contributed by atoms with van der Waals surface area (Å²) in [7, 11) is 0.